The summed E-state index contributed by atoms with van der Waals surface area (Å²) in [5.74, 6) is -0.0773. The number of aryl methyl sites for hydroxylation is 1. The third-order valence-electron chi connectivity index (χ3n) is 4.46. The predicted molar refractivity (Wildman–Crippen MR) is 89.7 cm³/mol. The Labute approximate surface area is 141 Å². The zero-order chi connectivity index (χ0) is 16.9. The van der Waals surface area contributed by atoms with Gasteiger partial charge in [0.1, 0.15) is 6.61 Å². The van der Waals surface area contributed by atoms with Gasteiger partial charge in [0.05, 0.1) is 18.8 Å². The number of rotatable bonds is 6. The Bertz CT molecular complexity index is 611. The zero-order valence-corrected chi connectivity index (χ0v) is 14.0. The molecule has 2 N–H and O–H groups in total. The fourth-order valence-corrected chi connectivity index (χ4v) is 3.10. The van der Waals surface area contributed by atoms with Gasteiger partial charge in [-0.05, 0) is 43.4 Å². The van der Waals surface area contributed by atoms with Gasteiger partial charge in [-0.2, -0.15) is 0 Å². The predicted octanol–water partition coefficient (Wildman–Crippen LogP) is 1.94. The molecule has 130 valence electrons. The first-order valence-electron chi connectivity index (χ1n) is 8.53. The molecule has 2 unspecified atom stereocenters. The molecule has 2 amide bonds. The third kappa shape index (κ3) is 4.33. The molecule has 2 atom stereocenters. The lowest BCUT2D eigenvalue weighted by Crippen LogP contribution is -2.31. The Balaban J connectivity index is 1.48. The van der Waals surface area contributed by atoms with Crippen LogP contribution in [0, 0.1) is 0 Å². The van der Waals surface area contributed by atoms with E-state index < -0.39 is 0 Å². The highest BCUT2D eigenvalue weighted by atomic mass is 16.5. The van der Waals surface area contributed by atoms with Gasteiger partial charge in [-0.25, -0.2) is 0 Å². The van der Waals surface area contributed by atoms with Crippen molar-refractivity contribution in [2.45, 2.75) is 44.8 Å². The molecule has 0 saturated carbocycles. The van der Waals surface area contributed by atoms with Crippen LogP contribution in [-0.2, 0) is 25.5 Å². The Morgan fingerprint density at radius 2 is 2.33 bits per heavy atom. The molecule has 6 heteroatoms. The van der Waals surface area contributed by atoms with E-state index in [-0.39, 0.29) is 30.6 Å². The molecule has 0 radical (unpaired) electrons. The Kier molecular flexibility index (Phi) is 5.48. The van der Waals surface area contributed by atoms with Crippen LogP contribution in [0.15, 0.2) is 18.2 Å². The number of amides is 2. The van der Waals surface area contributed by atoms with Crippen molar-refractivity contribution in [3.05, 3.63) is 29.3 Å². The minimum absolute atomic E-state index is 0.0468. The Hall–Kier alpha value is -1.92. The van der Waals surface area contributed by atoms with Gasteiger partial charge in [0.15, 0.2) is 0 Å². The molecule has 1 fully saturated rings. The van der Waals surface area contributed by atoms with E-state index in [4.69, 9.17) is 9.47 Å². The summed E-state index contributed by atoms with van der Waals surface area (Å²) < 4.78 is 10.9. The van der Waals surface area contributed by atoms with E-state index in [2.05, 4.69) is 10.6 Å². The number of ether oxygens (including phenoxy) is 2. The van der Waals surface area contributed by atoms with Crippen LogP contribution in [0.4, 0.5) is 5.69 Å². The van der Waals surface area contributed by atoms with Crippen LogP contribution in [0.2, 0.25) is 0 Å². The molecule has 3 rings (SSSR count). The lowest BCUT2D eigenvalue weighted by atomic mass is 9.98. The molecular weight excluding hydrogens is 308 g/mol. The molecule has 0 bridgehead atoms. The second-order valence-corrected chi connectivity index (χ2v) is 6.40. The first-order valence-corrected chi connectivity index (χ1v) is 8.53. The second-order valence-electron chi connectivity index (χ2n) is 6.40. The maximum absolute atomic E-state index is 12.0. The van der Waals surface area contributed by atoms with E-state index in [0.717, 1.165) is 42.7 Å². The van der Waals surface area contributed by atoms with Gasteiger partial charge in [0, 0.05) is 18.7 Å². The van der Waals surface area contributed by atoms with Crippen LogP contribution < -0.4 is 10.6 Å². The normalized spacial score (nSPS) is 21.0. The largest absolute Gasteiger partial charge is 0.376 e. The number of carbonyl (C=O) groups is 2. The summed E-state index contributed by atoms with van der Waals surface area (Å²) in [5.41, 5.74) is 3.01. The van der Waals surface area contributed by atoms with Crippen molar-refractivity contribution in [2.24, 2.45) is 0 Å². The number of nitrogens with one attached hydrogen (secondary N) is 2. The van der Waals surface area contributed by atoms with Gasteiger partial charge in [-0.3, -0.25) is 9.59 Å². The minimum Gasteiger partial charge on any atom is -0.376 e. The van der Waals surface area contributed by atoms with Crippen LogP contribution in [0.1, 0.15) is 43.4 Å². The van der Waals surface area contributed by atoms with Crippen LogP contribution in [-0.4, -0.2) is 37.7 Å². The van der Waals surface area contributed by atoms with E-state index in [0.29, 0.717) is 13.0 Å². The topological polar surface area (TPSA) is 76.7 Å². The van der Waals surface area contributed by atoms with Crippen LogP contribution >= 0.6 is 0 Å². The first-order chi connectivity index (χ1) is 11.6. The molecule has 2 aliphatic heterocycles. The highest BCUT2D eigenvalue weighted by molar-refractivity contribution is 5.93. The smallest absolute Gasteiger partial charge is 0.246 e. The van der Waals surface area contributed by atoms with Crippen molar-refractivity contribution in [1.29, 1.82) is 0 Å². The van der Waals surface area contributed by atoms with E-state index in [1.807, 2.05) is 25.1 Å². The lowest BCUT2D eigenvalue weighted by Gasteiger charge is -2.20. The molecule has 6 nitrogen and oxygen atoms in total. The molecule has 1 aromatic carbocycles. The van der Waals surface area contributed by atoms with Crippen molar-refractivity contribution < 1.29 is 19.1 Å². The number of fused-ring (bicyclic) bond motifs is 1. The fraction of sp³-hybridized carbons (Fsp3) is 0.556. The molecule has 2 aliphatic rings. The van der Waals surface area contributed by atoms with Gasteiger partial charge in [0.2, 0.25) is 11.8 Å². The Morgan fingerprint density at radius 1 is 1.46 bits per heavy atom. The Morgan fingerprint density at radius 3 is 3.12 bits per heavy atom. The average molecular weight is 332 g/mol. The zero-order valence-electron chi connectivity index (χ0n) is 14.0. The summed E-state index contributed by atoms with van der Waals surface area (Å²) in [5, 5.41) is 5.81. The molecule has 0 aliphatic carbocycles. The number of benzene rings is 1. The summed E-state index contributed by atoms with van der Waals surface area (Å²) in [6.45, 7) is 3.25. The summed E-state index contributed by atoms with van der Waals surface area (Å²) in [4.78, 5) is 23.4. The highest BCUT2D eigenvalue weighted by Crippen LogP contribution is 2.26. The van der Waals surface area contributed by atoms with Crippen LogP contribution in [0.25, 0.3) is 0 Å². The van der Waals surface area contributed by atoms with Crippen LogP contribution in [0.3, 0.4) is 0 Å². The van der Waals surface area contributed by atoms with E-state index in [1.54, 1.807) is 0 Å². The maximum atomic E-state index is 12.0. The van der Waals surface area contributed by atoms with Crippen LogP contribution in [0.5, 0.6) is 0 Å². The quantitative estimate of drug-likeness (QED) is 0.835. The number of hydrogen-bond acceptors (Lipinski definition) is 4. The van der Waals surface area contributed by atoms with Gasteiger partial charge < -0.3 is 20.1 Å². The van der Waals surface area contributed by atoms with E-state index in [1.165, 1.54) is 0 Å². The van der Waals surface area contributed by atoms with E-state index in [9.17, 15) is 9.59 Å². The minimum atomic E-state index is -0.133. The monoisotopic (exact) mass is 332 g/mol. The molecular formula is C18H24N2O4. The molecule has 0 spiro atoms. The van der Waals surface area contributed by atoms with Crippen molar-refractivity contribution in [1.82, 2.24) is 5.32 Å². The third-order valence-corrected chi connectivity index (χ3v) is 4.46. The van der Waals surface area contributed by atoms with Gasteiger partial charge in [-0.15, -0.1) is 0 Å². The van der Waals surface area contributed by atoms with Crippen molar-refractivity contribution in [2.75, 3.05) is 25.1 Å². The standard InChI is InChI=1S/C18H24N2O4/c1-12(19-18(22)11-23-10-15-3-2-8-24-15)13-4-6-16-14(9-13)5-7-17(21)20-16/h4,6,9,12,15H,2-3,5,7-8,10-11H2,1H3,(H,19,22)(H,20,21). The molecule has 24 heavy (non-hydrogen) atoms. The van der Waals surface area contributed by atoms with E-state index >= 15 is 0 Å². The second kappa shape index (κ2) is 7.77. The lowest BCUT2D eigenvalue weighted by molar-refractivity contribution is -0.127. The number of anilines is 1. The molecule has 2 heterocycles. The fourth-order valence-electron chi connectivity index (χ4n) is 3.10. The van der Waals surface area contributed by atoms with Gasteiger partial charge >= 0.3 is 0 Å². The number of carbonyl (C=O) groups excluding carboxylic acids is 2. The molecule has 1 saturated heterocycles. The summed E-state index contributed by atoms with van der Waals surface area (Å²) >= 11 is 0. The van der Waals surface area contributed by atoms with Crippen molar-refractivity contribution in [3.63, 3.8) is 0 Å². The molecule has 0 aromatic heterocycles. The summed E-state index contributed by atoms with van der Waals surface area (Å²) in [6, 6.07) is 5.78. The average Bonchev–Trinajstić information content (AvgIpc) is 3.07. The molecule has 1 aromatic rings. The number of hydrogen-bond donors (Lipinski definition) is 2. The summed E-state index contributed by atoms with van der Waals surface area (Å²) in [7, 11) is 0. The van der Waals surface area contributed by atoms with Crippen molar-refractivity contribution >= 4 is 17.5 Å². The van der Waals surface area contributed by atoms with Gasteiger partial charge in [-0.1, -0.05) is 12.1 Å². The SMILES string of the molecule is CC(NC(=O)COCC1CCCO1)c1ccc2c(c1)CCC(=O)N2. The summed E-state index contributed by atoms with van der Waals surface area (Å²) in [6.07, 6.45) is 3.44. The van der Waals surface area contributed by atoms with Gasteiger partial charge in [0.25, 0.3) is 0 Å². The van der Waals surface area contributed by atoms with Crippen molar-refractivity contribution in [3.8, 4) is 0 Å². The highest BCUT2D eigenvalue weighted by Gasteiger charge is 2.18. The first kappa shape index (κ1) is 16.9. The maximum Gasteiger partial charge on any atom is 0.246 e.